The number of rotatable bonds is 4. The van der Waals surface area contributed by atoms with Crippen LogP contribution < -0.4 is 5.32 Å². The predicted molar refractivity (Wildman–Crippen MR) is 70.9 cm³/mol. The van der Waals surface area contributed by atoms with Crippen molar-refractivity contribution in [2.75, 3.05) is 6.54 Å². The lowest BCUT2D eigenvalue weighted by molar-refractivity contribution is 0.606. The molecule has 1 aromatic carbocycles. The van der Waals surface area contributed by atoms with Crippen molar-refractivity contribution in [2.24, 2.45) is 0 Å². The number of hydrogen-bond donors (Lipinski definition) is 1. The van der Waals surface area contributed by atoms with E-state index in [0.29, 0.717) is 5.56 Å². The van der Waals surface area contributed by atoms with Gasteiger partial charge in [-0.3, -0.25) is 4.98 Å². The van der Waals surface area contributed by atoms with Gasteiger partial charge in [0.1, 0.15) is 5.82 Å². The highest BCUT2D eigenvalue weighted by atomic mass is 19.1. The standard InChI is InChI=1S/C15H17FN2/c1-3-18-15(12-6-8-17-9-7-12)13-4-5-14(16)11(2)10-13/h4-10,15,18H,3H2,1-2H3. The summed E-state index contributed by atoms with van der Waals surface area (Å²) in [6.45, 7) is 4.70. The Balaban J connectivity index is 2.38. The fourth-order valence-electron chi connectivity index (χ4n) is 2.04. The van der Waals surface area contributed by atoms with Crippen molar-refractivity contribution in [2.45, 2.75) is 19.9 Å². The van der Waals surface area contributed by atoms with Crippen LogP contribution in [0.1, 0.15) is 29.7 Å². The molecule has 1 heterocycles. The van der Waals surface area contributed by atoms with Gasteiger partial charge in [0.05, 0.1) is 6.04 Å². The summed E-state index contributed by atoms with van der Waals surface area (Å²) in [5.41, 5.74) is 2.88. The number of aromatic nitrogens is 1. The molecule has 0 aliphatic heterocycles. The van der Waals surface area contributed by atoms with E-state index in [1.165, 1.54) is 6.07 Å². The van der Waals surface area contributed by atoms with Crippen LogP contribution in [0.4, 0.5) is 4.39 Å². The molecule has 3 heteroatoms. The largest absolute Gasteiger partial charge is 0.307 e. The van der Waals surface area contributed by atoms with Crippen LogP contribution in [0.3, 0.4) is 0 Å². The van der Waals surface area contributed by atoms with E-state index in [9.17, 15) is 4.39 Å². The van der Waals surface area contributed by atoms with Crippen LogP contribution in [0.25, 0.3) is 0 Å². The second-order valence-corrected chi connectivity index (χ2v) is 4.28. The average Bonchev–Trinajstić information content (AvgIpc) is 2.40. The molecular weight excluding hydrogens is 227 g/mol. The monoisotopic (exact) mass is 244 g/mol. The lowest BCUT2D eigenvalue weighted by Gasteiger charge is -2.19. The summed E-state index contributed by atoms with van der Waals surface area (Å²) in [5.74, 6) is -0.163. The van der Waals surface area contributed by atoms with E-state index in [0.717, 1.165) is 17.7 Å². The summed E-state index contributed by atoms with van der Waals surface area (Å²) in [7, 11) is 0. The molecule has 0 radical (unpaired) electrons. The average molecular weight is 244 g/mol. The van der Waals surface area contributed by atoms with Crippen LogP contribution in [0.5, 0.6) is 0 Å². The van der Waals surface area contributed by atoms with Gasteiger partial charge in [-0.2, -0.15) is 0 Å². The smallest absolute Gasteiger partial charge is 0.126 e. The molecule has 0 spiro atoms. The van der Waals surface area contributed by atoms with Crippen molar-refractivity contribution in [3.63, 3.8) is 0 Å². The molecule has 0 fully saturated rings. The summed E-state index contributed by atoms with van der Waals surface area (Å²) in [6, 6.07) is 9.28. The number of aryl methyl sites for hydroxylation is 1. The van der Waals surface area contributed by atoms with Crippen LogP contribution in [-0.4, -0.2) is 11.5 Å². The molecule has 2 nitrogen and oxygen atoms in total. The van der Waals surface area contributed by atoms with Crippen molar-refractivity contribution >= 4 is 0 Å². The molecule has 0 aliphatic rings. The normalized spacial score (nSPS) is 12.4. The molecule has 1 atom stereocenters. The lowest BCUT2D eigenvalue weighted by atomic mass is 9.98. The minimum Gasteiger partial charge on any atom is -0.307 e. The molecule has 1 aromatic heterocycles. The molecule has 1 unspecified atom stereocenters. The molecule has 18 heavy (non-hydrogen) atoms. The molecule has 0 saturated heterocycles. The van der Waals surface area contributed by atoms with Crippen LogP contribution in [0, 0.1) is 12.7 Å². The Morgan fingerprint density at radius 3 is 2.50 bits per heavy atom. The van der Waals surface area contributed by atoms with Gasteiger partial charge in [-0.1, -0.05) is 19.1 Å². The molecule has 0 aliphatic carbocycles. The number of nitrogens with one attached hydrogen (secondary N) is 1. The summed E-state index contributed by atoms with van der Waals surface area (Å²) in [4.78, 5) is 4.03. The number of hydrogen-bond acceptors (Lipinski definition) is 2. The minimum absolute atomic E-state index is 0.0808. The maximum atomic E-state index is 13.3. The third kappa shape index (κ3) is 2.74. The molecular formula is C15H17FN2. The quantitative estimate of drug-likeness (QED) is 0.893. The molecule has 2 aromatic rings. The summed E-state index contributed by atoms with van der Waals surface area (Å²) in [6.07, 6.45) is 3.55. The first-order valence-electron chi connectivity index (χ1n) is 6.11. The maximum absolute atomic E-state index is 13.3. The van der Waals surface area contributed by atoms with Crippen molar-refractivity contribution in [1.82, 2.24) is 10.3 Å². The number of pyridine rings is 1. The Morgan fingerprint density at radius 2 is 1.89 bits per heavy atom. The summed E-state index contributed by atoms with van der Waals surface area (Å²) in [5, 5.41) is 3.41. The Kier molecular flexibility index (Phi) is 4.05. The van der Waals surface area contributed by atoms with Gasteiger partial charge in [0.2, 0.25) is 0 Å². The van der Waals surface area contributed by atoms with Crippen molar-refractivity contribution in [3.8, 4) is 0 Å². The van der Waals surface area contributed by atoms with Gasteiger partial charge in [-0.15, -0.1) is 0 Å². The van der Waals surface area contributed by atoms with Crippen molar-refractivity contribution < 1.29 is 4.39 Å². The van der Waals surface area contributed by atoms with Gasteiger partial charge in [-0.05, 0) is 48.4 Å². The fourth-order valence-corrected chi connectivity index (χ4v) is 2.04. The fraction of sp³-hybridized carbons (Fsp3) is 0.267. The van der Waals surface area contributed by atoms with Gasteiger partial charge >= 0.3 is 0 Å². The van der Waals surface area contributed by atoms with E-state index in [1.807, 2.05) is 24.3 Å². The van der Waals surface area contributed by atoms with Gasteiger partial charge in [-0.25, -0.2) is 4.39 Å². The number of nitrogens with zero attached hydrogens (tertiary/aromatic N) is 1. The second-order valence-electron chi connectivity index (χ2n) is 4.28. The van der Waals surface area contributed by atoms with E-state index in [2.05, 4.69) is 17.2 Å². The highest BCUT2D eigenvalue weighted by Gasteiger charge is 2.13. The molecule has 2 rings (SSSR count). The highest BCUT2D eigenvalue weighted by molar-refractivity contribution is 5.33. The molecule has 94 valence electrons. The molecule has 0 bridgehead atoms. The highest BCUT2D eigenvalue weighted by Crippen LogP contribution is 2.23. The second kappa shape index (κ2) is 5.74. The van der Waals surface area contributed by atoms with E-state index >= 15 is 0 Å². The van der Waals surface area contributed by atoms with Gasteiger partial charge in [0.25, 0.3) is 0 Å². The van der Waals surface area contributed by atoms with Gasteiger partial charge in [0.15, 0.2) is 0 Å². The third-order valence-electron chi connectivity index (χ3n) is 2.96. The SMILES string of the molecule is CCNC(c1ccncc1)c1ccc(F)c(C)c1. The first-order valence-corrected chi connectivity index (χ1v) is 6.11. The van der Waals surface area contributed by atoms with Crippen LogP contribution >= 0.6 is 0 Å². The van der Waals surface area contributed by atoms with E-state index in [1.54, 1.807) is 19.3 Å². The number of halogens is 1. The first kappa shape index (κ1) is 12.7. The summed E-state index contributed by atoms with van der Waals surface area (Å²) >= 11 is 0. The van der Waals surface area contributed by atoms with Gasteiger partial charge < -0.3 is 5.32 Å². The molecule has 1 N–H and O–H groups in total. The summed E-state index contributed by atoms with van der Waals surface area (Å²) < 4.78 is 13.3. The predicted octanol–water partition coefficient (Wildman–Crippen LogP) is 3.23. The third-order valence-corrected chi connectivity index (χ3v) is 2.96. The van der Waals surface area contributed by atoms with Gasteiger partial charge in [0, 0.05) is 12.4 Å². The topological polar surface area (TPSA) is 24.9 Å². The first-order chi connectivity index (χ1) is 8.72. The number of benzene rings is 1. The zero-order valence-corrected chi connectivity index (χ0v) is 10.7. The van der Waals surface area contributed by atoms with Crippen LogP contribution in [-0.2, 0) is 0 Å². The minimum atomic E-state index is -0.163. The van der Waals surface area contributed by atoms with Crippen LogP contribution in [0.2, 0.25) is 0 Å². The Hall–Kier alpha value is -1.74. The van der Waals surface area contributed by atoms with Crippen molar-refractivity contribution in [1.29, 1.82) is 0 Å². The zero-order valence-electron chi connectivity index (χ0n) is 10.7. The van der Waals surface area contributed by atoms with E-state index in [-0.39, 0.29) is 11.9 Å². The Labute approximate surface area is 107 Å². The zero-order chi connectivity index (χ0) is 13.0. The van der Waals surface area contributed by atoms with E-state index < -0.39 is 0 Å². The van der Waals surface area contributed by atoms with Crippen LogP contribution in [0.15, 0.2) is 42.7 Å². The van der Waals surface area contributed by atoms with E-state index in [4.69, 9.17) is 0 Å². The Morgan fingerprint density at radius 1 is 1.17 bits per heavy atom. The Bertz CT molecular complexity index is 511. The molecule has 0 amide bonds. The molecule has 0 saturated carbocycles. The van der Waals surface area contributed by atoms with Crippen molar-refractivity contribution in [3.05, 3.63) is 65.2 Å². The lowest BCUT2D eigenvalue weighted by Crippen LogP contribution is -2.22. The maximum Gasteiger partial charge on any atom is 0.126 e.